The third kappa shape index (κ3) is 3.86. The minimum absolute atomic E-state index is 0.0234. The maximum atomic E-state index is 13.5. The summed E-state index contributed by atoms with van der Waals surface area (Å²) >= 11 is 0. The summed E-state index contributed by atoms with van der Waals surface area (Å²) < 4.78 is 61.8. The van der Waals surface area contributed by atoms with E-state index in [4.69, 9.17) is 9.47 Å². The third-order valence-electron chi connectivity index (χ3n) is 3.10. The van der Waals surface area contributed by atoms with Crippen molar-refractivity contribution in [1.29, 1.82) is 0 Å². The summed E-state index contributed by atoms with van der Waals surface area (Å²) in [6.45, 7) is -3.23. The van der Waals surface area contributed by atoms with Gasteiger partial charge in [-0.2, -0.15) is 0 Å². The summed E-state index contributed by atoms with van der Waals surface area (Å²) in [4.78, 5) is 2.02. The molecule has 0 bridgehead atoms. The Morgan fingerprint density at radius 3 is 2.80 bits per heavy atom. The average Bonchev–Trinajstić information content (AvgIpc) is 2.36. The highest BCUT2D eigenvalue weighted by Crippen LogP contribution is 2.19. The number of hydrogen-bond donors (Lipinski definition) is 0. The summed E-state index contributed by atoms with van der Waals surface area (Å²) in [5.41, 5.74) is -0.872. The van der Waals surface area contributed by atoms with Crippen LogP contribution in [-0.2, 0) is 4.74 Å². The molecule has 0 aliphatic carbocycles. The quantitative estimate of drug-likeness (QED) is 0.621. The lowest BCUT2D eigenvalue weighted by atomic mass is 9.80. The van der Waals surface area contributed by atoms with E-state index >= 15 is 0 Å². The number of nitrogens with zero attached hydrogens (tertiary/aromatic N) is 1. The Labute approximate surface area is 114 Å². The van der Waals surface area contributed by atoms with Crippen molar-refractivity contribution >= 4 is 12.4 Å². The van der Waals surface area contributed by atoms with Crippen LogP contribution < -0.4 is 10.2 Å². The van der Waals surface area contributed by atoms with Crippen LogP contribution in [0, 0.1) is 5.82 Å². The summed E-state index contributed by atoms with van der Waals surface area (Å²) in [6, 6.07) is 2.18. The van der Waals surface area contributed by atoms with Gasteiger partial charge in [0.25, 0.3) is 0 Å². The van der Waals surface area contributed by atoms with Gasteiger partial charge < -0.3 is 27.3 Å². The standard InChI is InChI=1S/C12H15BF4NO2/c1-18-4-5-19-10(7-18)8-20-12-6-9(13(15,16)17)2-3-11(12)14/h2-3,6,10H,4-5,7-8H2,1H3/q-1. The first-order valence-electron chi connectivity index (χ1n) is 6.28. The van der Waals surface area contributed by atoms with Gasteiger partial charge in [0.2, 0.25) is 0 Å². The molecule has 1 heterocycles. The SMILES string of the molecule is CN1CCOC(COc2cc([B-](F)(F)F)ccc2F)C1. The lowest BCUT2D eigenvalue weighted by Gasteiger charge is -2.30. The number of rotatable bonds is 4. The van der Waals surface area contributed by atoms with E-state index < -0.39 is 24.0 Å². The van der Waals surface area contributed by atoms with Crippen LogP contribution in [0.1, 0.15) is 0 Å². The maximum absolute atomic E-state index is 13.5. The van der Waals surface area contributed by atoms with Crippen molar-refractivity contribution in [2.75, 3.05) is 33.4 Å². The van der Waals surface area contributed by atoms with Gasteiger partial charge in [-0.25, -0.2) is 4.39 Å². The van der Waals surface area contributed by atoms with Crippen LogP contribution in [0.4, 0.5) is 17.3 Å². The first-order valence-corrected chi connectivity index (χ1v) is 6.28. The maximum Gasteiger partial charge on any atom is 0.509 e. The smallest absolute Gasteiger partial charge is 0.488 e. The van der Waals surface area contributed by atoms with E-state index in [0.29, 0.717) is 25.3 Å². The summed E-state index contributed by atoms with van der Waals surface area (Å²) in [5.74, 6) is -1.20. The number of benzene rings is 1. The van der Waals surface area contributed by atoms with E-state index in [9.17, 15) is 17.3 Å². The van der Waals surface area contributed by atoms with Gasteiger partial charge in [0.05, 0.1) is 6.61 Å². The molecule has 0 N–H and O–H groups in total. The fourth-order valence-corrected chi connectivity index (χ4v) is 1.98. The monoisotopic (exact) mass is 292 g/mol. The Hall–Kier alpha value is -1.28. The van der Waals surface area contributed by atoms with Gasteiger partial charge in [-0.15, -0.1) is 5.46 Å². The second-order valence-electron chi connectivity index (χ2n) is 4.83. The molecular formula is C12H15BF4NO2-. The normalized spacial score (nSPS) is 20.9. The highest BCUT2D eigenvalue weighted by molar-refractivity contribution is 6.73. The number of morpholine rings is 1. The minimum atomic E-state index is -5.17. The highest BCUT2D eigenvalue weighted by atomic mass is 19.4. The van der Waals surface area contributed by atoms with Crippen LogP contribution in [0.2, 0.25) is 0 Å². The topological polar surface area (TPSA) is 21.7 Å². The Bertz CT molecular complexity index is 469. The van der Waals surface area contributed by atoms with Gasteiger partial charge in [-0.05, 0) is 19.2 Å². The lowest BCUT2D eigenvalue weighted by Crippen LogP contribution is -2.43. The van der Waals surface area contributed by atoms with E-state index in [2.05, 4.69) is 0 Å². The molecule has 0 aromatic heterocycles. The molecule has 1 aromatic rings. The summed E-state index contributed by atoms with van der Waals surface area (Å²) in [5, 5.41) is 0. The molecule has 1 unspecified atom stereocenters. The molecule has 8 heteroatoms. The van der Waals surface area contributed by atoms with Crippen molar-refractivity contribution in [1.82, 2.24) is 4.90 Å². The zero-order valence-corrected chi connectivity index (χ0v) is 11.0. The van der Waals surface area contributed by atoms with Crippen molar-refractivity contribution in [2.24, 2.45) is 0 Å². The number of hydrogen-bond acceptors (Lipinski definition) is 3. The molecule has 0 radical (unpaired) electrons. The molecule has 1 saturated heterocycles. The molecule has 3 nitrogen and oxygen atoms in total. The number of ether oxygens (including phenoxy) is 2. The zero-order valence-electron chi connectivity index (χ0n) is 11.0. The van der Waals surface area contributed by atoms with Gasteiger partial charge in [0.1, 0.15) is 12.7 Å². The molecule has 0 saturated carbocycles. The molecule has 1 atom stereocenters. The Balaban J connectivity index is 2.01. The van der Waals surface area contributed by atoms with Crippen molar-refractivity contribution in [3.63, 3.8) is 0 Å². The molecule has 112 valence electrons. The second kappa shape index (κ2) is 6.01. The van der Waals surface area contributed by atoms with E-state index in [0.717, 1.165) is 12.6 Å². The molecular weight excluding hydrogens is 277 g/mol. The van der Waals surface area contributed by atoms with Crippen LogP contribution >= 0.6 is 0 Å². The van der Waals surface area contributed by atoms with Gasteiger partial charge in [0.15, 0.2) is 11.6 Å². The van der Waals surface area contributed by atoms with Gasteiger partial charge in [-0.1, -0.05) is 6.07 Å². The first kappa shape index (κ1) is 15.1. The largest absolute Gasteiger partial charge is 0.509 e. The average molecular weight is 292 g/mol. The van der Waals surface area contributed by atoms with E-state index in [1.54, 1.807) is 0 Å². The van der Waals surface area contributed by atoms with Crippen LogP contribution in [0.3, 0.4) is 0 Å². The summed E-state index contributed by atoms with van der Waals surface area (Å²) in [7, 11) is 1.91. The molecule has 0 spiro atoms. The molecule has 2 rings (SSSR count). The highest BCUT2D eigenvalue weighted by Gasteiger charge is 2.27. The predicted octanol–water partition coefficient (Wildman–Crippen LogP) is 1.59. The van der Waals surface area contributed by atoms with Crippen LogP contribution in [0.5, 0.6) is 5.75 Å². The van der Waals surface area contributed by atoms with E-state index in [1.165, 1.54) is 0 Å². The predicted molar refractivity (Wildman–Crippen MR) is 67.8 cm³/mol. The molecule has 1 fully saturated rings. The van der Waals surface area contributed by atoms with Crippen molar-refractivity contribution in [3.8, 4) is 5.75 Å². The lowest BCUT2D eigenvalue weighted by molar-refractivity contribution is -0.0408. The fourth-order valence-electron chi connectivity index (χ4n) is 1.98. The Morgan fingerprint density at radius 1 is 1.40 bits per heavy atom. The van der Waals surface area contributed by atoms with Gasteiger partial charge >= 0.3 is 6.98 Å². The fraction of sp³-hybridized carbons (Fsp3) is 0.500. The molecule has 20 heavy (non-hydrogen) atoms. The van der Waals surface area contributed by atoms with Crippen LogP contribution in [0.15, 0.2) is 18.2 Å². The van der Waals surface area contributed by atoms with Crippen molar-refractivity contribution < 1.29 is 26.8 Å². The van der Waals surface area contributed by atoms with Gasteiger partial charge in [-0.3, -0.25) is 0 Å². The molecule has 1 aromatic carbocycles. The van der Waals surface area contributed by atoms with Crippen molar-refractivity contribution in [3.05, 3.63) is 24.0 Å². The number of likely N-dealkylation sites (N-methyl/N-ethyl adjacent to an activating group) is 1. The van der Waals surface area contributed by atoms with E-state index in [1.807, 2.05) is 11.9 Å². The molecule has 1 aliphatic heterocycles. The molecule has 0 amide bonds. The first-order chi connectivity index (χ1) is 9.36. The second-order valence-corrected chi connectivity index (χ2v) is 4.83. The van der Waals surface area contributed by atoms with Gasteiger partial charge in [0, 0.05) is 13.1 Å². The van der Waals surface area contributed by atoms with Crippen molar-refractivity contribution in [2.45, 2.75) is 6.10 Å². The number of halogens is 4. The Kier molecular flexibility index (Phi) is 4.54. The minimum Gasteiger partial charge on any atom is -0.488 e. The zero-order chi connectivity index (χ0) is 14.8. The Morgan fingerprint density at radius 2 is 2.15 bits per heavy atom. The third-order valence-corrected chi connectivity index (χ3v) is 3.10. The van der Waals surface area contributed by atoms with E-state index in [-0.39, 0.29) is 12.7 Å². The van der Waals surface area contributed by atoms with Crippen LogP contribution in [-0.4, -0.2) is 51.3 Å². The summed E-state index contributed by atoms with van der Waals surface area (Å²) in [6.07, 6.45) is -0.270. The molecule has 1 aliphatic rings. The van der Waals surface area contributed by atoms with Crippen LogP contribution in [0.25, 0.3) is 0 Å².